The number of fused-ring (bicyclic) bond motifs is 1. The highest BCUT2D eigenvalue weighted by molar-refractivity contribution is 9.10. The standard InChI is InChI=1S/C9H6BrClO3S2/c1-14-6-3-2-5-4-7(16(11,12)13)15-9(5)8(6)10/h2-4H,1H3. The molecule has 0 aliphatic rings. The van der Waals surface area contributed by atoms with E-state index in [-0.39, 0.29) is 4.21 Å². The van der Waals surface area contributed by atoms with Crippen LogP contribution in [0.2, 0.25) is 0 Å². The molecule has 0 saturated heterocycles. The van der Waals surface area contributed by atoms with Crippen LogP contribution >= 0.6 is 37.9 Å². The van der Waals surface area contributed by atoms with E-state index in [0.29, 0.717) is 5.75 Å². The van der Waals surface area contributed by atoms with Gasteiger partial charge in [-0.1, -0.05) is 0 Å². The number of benzene rings is 1. The number of ether oxygens (including phenoxy) is 1. The predicted molar refractivity (Wildman–Crippen MR) is 69.1 cm³/mol. The second kappa shape index (κ2) is 4.18. The Morgan fingerprint density at radius 1 is 1.44 bits per heavy atom. The predicted octanol–water partition coefficient (Wildman–Crippen LogP) is 3.60. The average Bonchev–Trinajstić information content (AvgIpc) is 2.62. The van der Waals surface area contributed by atoms with Gasteiger partial charge >= 0.3 is 0 Å². The van der Waals surface area contributed by atoms with Gasteiger partial charge in [-0.25, -0.2) is 8.42 Å². The van der Waals surface area contributed by atoms with E-state index in [4.69, 9.17) is 15.4 Å². The summed E-state index contributed by atoms with van der Waals surface area (Å²) >= 11 is 4.48. The van der Waals surface area contributed by atoms with E-state index < -0.39 is 9.05 Å². The van der Waals surface area contributed by atoms with Gasteiger partial charge in [0.15, 0.2) is 0 Å². The van der Waals surface area contributed by atoms with Gasteiger partial charge in [0.05, 0.1) is 16.3 Å². The van der Waals surface area contributed by atoms with E-state index in [1.54, 1.807) is 25.3 Å². The Morgan fingerprint density at radius 2 is 2.12 bits per heavy atom. The fraction of sp³-hybridized carbons (Fsp3) is 0.111. The highest BCUT2D eigenvalue weighted by Crippen LogP contribution is 2.40. The maximum atomic E-state index is 11.2. The Morgan fingerprint density at radius 3 is 2.69 bits per heavy atom. The van der Waals surface area contributed by atoms with Crippen LogP contribution in [0, 0.1) is 0 Å². The maximum Gasteiger partial charge on any atom is 0.270 e. The van der Waals surface area contributed by atoms with E-state index >= 15 is 0 Å². The number of methoxy groups -OCH3 is 1. The third kappa shape index (κ3) is 2.07. The van der Waals surface area contributed by atoms with Crippen LogP contribution in [0.4, 0.5) is 0 Å². The molecule has 0 spiro atoms. The van der Waals surface area contributed by atoms with Gasteiger partial charge in [-0.05, 0) is 39.5 Å². The normalized spacial score (nSPS) is 11.9. The van der Waals surface area contributed by atoms with Crippen LogP contribution in [0.15, 0.2) is 26.9 Å². The molecule has 1 aromatic heterocycles. The van der Waals surface area contributed by atoms with Crippen LogP contribution in [-0.2, 0) is 9.05 Å². The van der Waals surface area contributed by atoms with Crippen LogP contribution in [-0.4, -0.2) is 15.5 Å². The molecule has 0 saturated carbocycles. The first-order valence-corrected chi connectivity index (χ1v) is 8.06. The van der Waals surface area contributed by atoms with Gasteiger partial charge in [-0.3, -0.25) is 0 Å². The van der Waals surface area contributed by atoms with Gasteiger partial charge in [-0.15, -0.1) is 11.3 Å². The van der Waals surface area contributed by atoms with Crippen molar-refractivity contribution in [2.24, 2.45) is 0 Å². The minimum Gasteiger partial charge on any atom is -0.496 e. The lowest BCUT2D eigenvalue weighted by Crippen LogP contribution is -1.83. The monoisotopic (exact) mass is 340 g/mol. The molecular weight excluding hydrogens is 336 g/mol. The summed E-state index contributed by atoms with van der Waals surface area (Å²) in [6.45, 7) is 0. The van der Waals surface area contributed by atoms with Crippen LogP contribution in [0.1, 0.15) is 0 Å². The molecule has 2 aromatic rings. The Balaban J connectivity index is 2.77. The number of rotatable bonds is 2. The number of hydrogen-bond donors (Lipinski definition) is 0. The molecule has 16 heavy (non-hydrogen) atoms. The summed E-state index contributed by atoms with van der Waals surface area (Å²) in [5.74, 6) is 0.660. The molecule has 1 aromatic carbocycles. The Labute approximate surface area is 110 Å². The first-order valence-electron chi connectivity index (χ1n) is 4.14. The molecule has 0 unspecified atom stereocenters. The van der Waals surface area contributed by atoms with E-state index in [9.17, 15) is 8.42 Å². The first kappa shape index (κ1) is 12.2. The van der Waals surface area contributed by atoms with Gasteiger partial charge in [0.1, 0.15) is 9.96 Å². The largest absolute Gasteiger partial charge is 0.496 e. The van der Waals surface area contributed by atoms with Gasteiger partial charge in [0.25, 0.3) is 9.05 Å². The van der Waals surface area contributed by atoms with Crippen molar-refractivity contribution in [3.8, 4) is 5.75 Å². The fourth-order valence-corrected chi connectivity index (χ4v) is 4.23. The number of hydrogen-bond acceptors (Lipinski definition) is 4. The molecule has 2 rings (SSSR count). The lowest BCUT2D eigenvalue weighted by molar-refractivity contribution is 0.413. The molecule has 1 heterocycles. The molecule has 0 fully saturated rings. The van der Waals surface area contributed by atoms with Gasteiger partial charge in [0, 0.05) is 10.7 Å². The Hall–Kier alpha value is -0.300. The molecule has 0 radical (unpaired) electrons. The molecule has 86 valence electrons. The molecule has 7 heteroatoms. The van der Waals surface area contributed by atoms with E-state index in [1.807, 2.05) is 0 Å². The molecule has 0 aliphatic heterocycles. The van der Waals surface area contributed by atoms with Crippen LogP contribution in [0.3, 0.4) is 0 Å². The highest BCUT2D eigenvalue weighted by atomic mass is 79.9. The van der Waals surface area contributed by atoms with Crippen molar-refractivity contribution in [3.05, 3.63) is 22.7 Å². The van der Waals surface area contributed by atoms with Gasteiger partial charge in [-0.2, -0.15) is 0 Å². The second-order valence-corrected chi connectivity index (χ2v) is 7.64. The minimum absolute atomic E-state index is 0.137. The van der Waals surface area contributed by atoms with Crippen molar-refractivity contribution >= 4 is 57.1 Å². The zero-order chi connectivity index (χ0) is 11.9. The zero-order valence-electron chi connectivity index (χ0n) is 8.03. The van der Waals surface area contributed by atoms with Crippen LogP contribution in [0.25, 0.3) is 10.1 Å². The SMILES string of the molecule is COc1ccc2cc(S(=O)(=O)Cl)sc2c1Br. The van der Waals surface area contributed by atoms with Crippen molar-refractivity contribution in [2.75, 3.05) is 7.11 Å². The molecule has 0 bridgehead atoms. The van der Waals surface area contributed by atoms with Crippen molar-refractivity contribution < 1.29 is 13.2 Å². The van der Waals surface area contributed by atoms with Crippen LogP contribution in [0.5, 0.6) is 5.75 Å². The highest BCUT2D eigenvalue weighted by Gasteiger charge is 2.16. The Bertz CT molecular complexity index is 648. The average molecular weight is 342 g/mol. The second-order valence-electron chi connectivity index (χ2n) is 3.00. The third-order valence-electron chi connectivity index (χ3n) is 2.03. The molecule has 0 amide bonds. The van der Waals surface area contributed by atoms with Crippen molar-refractivity contribution in [2.45, 2.75) is 4.21 Å². The topological polar surface area (TPSA) is 43.4 Å². The molecule has 0 N–H and O–H groups in total. The molecule has 0 atom stereocenters. The summed E-state index contributed by atoms with van der Waals surface area (Å²) in [6.07, 6.45) is 0. The summed E-state index contributed by atoms with van der Waals surface area (Å²) in [5.41, 5.74) is 0. The lowest BCUT2D eigenvalue weighted by Gasteiger charge is -2.02. The maximum absolute atomic E-state index is 11.2. The summed E-state index contributed by atoms with van der Waals surface area (Å²) in [7, 11) is 3.17. The number of halogens is 2. The van der Waals surface area contributed by atoms with Crippen molar-refractivity contribution in [1.29, 1.82) is 0 Å². The minimum atomic E-state index is -3.67. The van der Waals surface area contributed by atoms with Crippen LogP contribution < -0.4 is 4.74 Å². The lowest BCUT2D eigenvalue weighted by atomic mass is 10.2. The van der Waals surface area contributed by atoms with Gasteiger partial charge in [0.2, 0.25) is 0 Å². The number of thiophene rings is 1. The summed E-state index contributed by atoms with van der Waals surface area (Å²) in [6, 6.07) is 5.11. The van der Waals surface area contributed by atoms with Crippen molar-refractivity contribution in [1.82, 2.24) is 0 Å². The summed E-state index contributed by atoms with van der Waals surface area (Å²) in [5, 5.41) is 0.817. The Kier molecular flexibility index (Phi) is 3.18. The summed E-state index contributed by atoms with van der Waals surface area (Å²) in [4.78, 5) is 0. The van der Waals surface area contributed by atoms with E-state index in [0.717, 1.165) is 25.9 Å². The molecular formula is C9H6BrClO3S2. The van der Waals surface area contributed by atoms with E-state index in [1.165, 1.54) is 0 Å². The van der Waals surface area contributed by atoms with E-state index in [2.05, 4.69) is 15.9 Å². The first-order chi connectivity index (χ1) is 7.43. The van der Waals surface area contributed by atoms with Gasteiger partial charge < -0.3 is 4.74 Å². The molecule has 0 aliphatic carbocycles. The zero-order valence-corrected chi connectivity index (χ0v) is 12.0. The third-order valence-corrected chi connectivity index (χ3v) is 6.32. The summed E-state index contributed by atoms with van der Waals surface area (Å²) < 4.78 is 29.2. The smallest absolute Gasteiger partial charge is 0.270 e. The van der Waals surface area contributed by atoms with Crippen molar-refractivity contribution in [3.63, 3.8) is 0 Å². The fourth-order valence-electron chi connectivity index (χ4n) is 1.31. The quantitative estimate of drug-likeness (QED) is 0.784. The molecule has 3 nitrogen and oxygen atoms in total.